The molecule has 102 valence electrons. The first kappa shape index (κ1) is 13.9. The van der Waals surface area contributed by atoms with Gasteiger partial charge in [-0.05, 0) is 18.2 Å². The van der Waals surface area contributed by atoms with Gasteiger partial charge in [0.25, 0.3) is 0 Å². The Morgan fingerprint density at radius 1 is 1.00 bits per heavy atom. The molecule has 0 spiro atoms. The molecule has 20 heavy (non-hydrogen) atoms. The third-order valence-corrected chi connectivity index (χ3v) is 2.61. The van der Waals surface area contributed by atoms with Crippen LogP contribution in [0.1, 0.15) is 15.9 Å². The molecule has 0 bridgehead atoms. The summed E-state index contributed by atoms with van der Waals surface area (Å²) in [6, 6.07) is 15.0. The van der Waals surface area contributed by atoms with E-state index in [1.54, 1.807) is 42.5 Å². The van der Waals surface area contributed by atoms with Crippen molar-refractivity contribution in [2.24, 2.45) is 0 Å². The fourth-order valence-corrected chi connectivity index (χ4v) is 1.69. The Morgan fingerprint density at radius 2 is 1.65 bits per heavy atom. The van der Waals surface area contributed by atoms with Crippen molar-refractivity contribution in [3.8, 4) is 5.75 Å². The van der Waals surface area contributed by atoms with Gasteiger partial charge in [-0.2, -0.15) is 8.78 Å². The van der Waals surface area contributed by atoms with Gasteiger partial charge in [-0.15, -0.1) is 0 Å². The van der Waals surface area contributed by atoms with Crippen molar-refractivity contribution in [1.82, 2.24) is 0 Å². The lowest BCUT2D eigenvalue weighted by molar-refractivity contribution is -0.0499. The lowest BCUT2D eigenvalue weighted by Crippen LogP contribution is -2.03. The minimum atomic E-state index is -2.89. The number of carbonyl (C=O) groups excluding carboxylic acids is 1. The van der Waals surface area contributed by atoms with Gasteiger partial charge in [0.05, 0.1) is 0 Å². The average molecular weight is 274 g/mol. The Labute approximate surface area is 115 Å². The van der Waals surface area contributed by atoms with E-state index < -0.39 is 6.61 Å². The van der Waals surface area contributed by atoms with Crippen molar-refractivity contribution in [2.75, 3.05) is 0 Å². The van der Waals surface area contributed by atoms with Crippen molar-refractivity contribution in [3.05, 3.63) is 71.8 Å². The van der Waals surface area contributed by atoms with Gasteiger partial charge < -0.3 is 4.74 Å². The van der Waals surface area contributed by atoms with Crippen LogP contribution >= 0.6 is 0 Å². The molecular formula is C16H12F2O2. The summed E-state index contributed by atoms with van der Waals surface area (Å²) < 4.78 is 28.9. The van der Waals surface area contributed by atoms with Crippen LogP contribution in [0.4, 0.5) is 8.78 Å². The van der Waals surface area contributed by atoms with Gasteiger partial charge in [0.1, 0.15) is 5.75 Å². The quantitative estimate of drug-likeness (QED) is 0.603. The molecule has 0 N–H and O–H groups in total. The Morgan fingerprint density at radius 3 is 2.35 bits per heavy atom. The first-order valence-corrected chi connectivity index (χ1v) is 5.98. The maximum absolute atomic E-state index is 12.3. The number of alkyl halides is 2. The summed E-state index contributed by atoms with van der Waals surface area (Å²) in [5.74, 6) is -0.155. The zero-order chi connectivity index (χ0) is 14.4. The molecule has 0 radical (unpaired) electrons. The van der Waals surface area contributed by atoms with Crippen molar-refractivity contribution in [1.29, 1.82) is 0 Å². The van der Waals surface area contributed by atoms with Crippen LogP contribution in [-0.2, 0) is 0 Å². The number of halogens is 2. The van der Waals surface area contributed by atoms with Crippen LogP contribution in [0.5, 0.6) is 5.75 Å². The highest BCUT2D eigenvalue weighted by Gasteiger charge is 2.07. The molecule has 0 unspecified atom stereocenters. The van der Waals surface area contributed by atoms with E-state index in [0.29, 0.717) is 11.1 Å². The van der Waals surface area contributed by atoms with Gasteiger partial charge in [0.2, 0.25) is 0 Å². The zero-order valence-electron chi connectivity index (χ0n) is 10.5. The lowest BCUT2D eigenvalue weighted by Gasteiger charge is -2.07. The van der Waals surface area contributed by atoms with E-state index in [2.05, 4.69) is 4.74 Å². The van der Waals surface area contributed by atoms with Gasteiger partial charge in [-0.25, -0.2) is 0 Å². The summed E-state index contributed by atoms with van der Waals surface area (Å²) in [5.41, 5.74) is 0.966. The number of benzene rings is 2. The largest absolute Gasteiger partial charge is 0.434 e. The van der Waals surface area contributed by atoms with Crippen LogP contribution in [0.2, 0.25) is 0 Å². The molecule has 2 nitrogen and oxygen atoms in total. The molecular weight excluding hydrogens is 262 g/mol. The van der Waals surface area contributed by atoms with E-state index in [0.717, 1.165) is 0 Å². The molecule has 4 heteroatoms. The first-order chi connectivity index (χ1) is 9.66. The molecule has 0 aliphatic carbocycles. The smallest absolute Gasteiger partial charge is 0.387 e. The van der Waals surface area contributed by atoms with Crippen LogP contribution in [0.15, 0.2) is 60.7 Å². The fourth-order valence-electron chi connectivity index (χ4n) is 1.69. The number of ketones is 1. The number of hydrogen-bond donors (Lipinski definition) is 0. The molecule has 0 aliphatic rings. The Hall–Kier alpha value is -2.49. The Kier molecular flexibility index (Phi) is 4.60. The summed E-state index contributed by atoms with van der Waals surface area (Å²) in [6.45, 7) is -2.89. The number of ether oxygens (including phenoxy) is 1. The predicted octanol–water partition coefficient (Wildman–Crippen LogP) is 4.18. The van der Waals surface area contributed by atoms with E-state index in [4.69, 9.17) is 0 Å². The molecule has 0 saturated carbocycles. The number of allylic oxidation sites excluding steroid dienone is 1. The van der Waals surface area contributed by atoms with Gasteiger partial charge in [0, 0.05) is 11.1 Å². The maximum Gasteiger partial charge on any atom is 0.387 e. The molecule has 2 rings (SSSR count). The standard InChI is InChI=1S/C16H12F2O2/c17-16(18)20-15-9-5-4-8-13(15)10-11-14(19)12-6-2-1-3-7-12/h1-11,16H/b11-10+. The summed E-state index contributed by atoms with van der Waals surface area (Å²) in [4.78, 5) is 11.9. The highest BCUT2D eigenvalue weighted by molar-refractivity contribution is 6.06. The maximum atomic E-state index is 12.3. The number of carbonyl (C=O) groups is 1. The topological polar surface area (TPSA) is 26.3 Å². The second-order valence-electron chi connectivity index (χ2n) is 3.98. The molecule has 0 amide bonds. The van der Waals surface area contributed by atoms with Gasteiger partial charge in [0.15, 0.2) is 5.78 Å². The summed E-state index contributed by atoms with van der Waals surface area (Å²) in [7, 11) is 0. The second-order valence-corrected chi connectivity index (χ2v) is 3.98. The molecule has 0 atom stereocenters. The molecule has 2 aromatic carbocycles. The van der Waals surface area contributed by atoms with Crippen LogP contribution < -0.4 is 4.74 Å². The molecule has 0 fully saturated rings. The van der Waals surface area contributed by atoms with Crippen molar-refractivity contribution >= 4 is 11.9 Å². The van der Waals surface area contributed by atoms with Crippen LogP contribution in [-0.4, -0.2) is 12.4 Å². The molecule has 2 aromatic rings. The van der Waals surface area contributed by atoms with E-state index in [-0.39, 0.29) is 11.5 Å². The minimum absolute atomic E-state index is 0.0413. The first-order valence-electron chi connectivity index (χ1n) is 5.98. The van der Waals surface area contributed by atoms with Crippen molar-refractivity contribution in [2.45, 2.75) is 6.61 Å². The predicted molar refractivity (Wildman–Crippen MR) is 72.9 cm³/mol. The monoisotopic (exact) mass is 274 g/mol. The third-order valence-electron chi connectivity index (χ3n) is 2.61. The van der Waals surface area contributed by atoms with Gasteiger partial charge >= 0.3 is 6.61 Å². The van der Waals surface area contributed by atoms with Crippen LogP contribution in [0, 0.1) is 0 Å². The van der Waals surface area contributed by atoms with Crippen LogP contribution in [0.25, 0.3) is 6.08 Å². The molecule has 0 aliphatic heterocycles. The zero-order valence-corrected chi connectivity index (χ0v) is 10.5. The van der Waals surface area contributed by atoms with E-state index in [1.165, 1.54) is 18.2 Å². The number of para-hydroxylation sites is 1. The molecule has 0 aromatic heterocycles. The van der Waals surface area contributed by atoms with Crippen molar-refractivity contribution in [3.63, 3.8) is 0 Å². The number of rotatable bonds is 5. The average Bonchev–Trinajstić information content (AvgIpc) is 2.46. The fraction of sp³-hybridized carbons (Fsp3) is 0.0625. The molecule has 0 heterocycles. The third kappa shape index (κ3) is 3.75. The van der Waals surface area contributed by atoms with Gasteiger partial charge in [-0.3, -0.25) is 4.79 Å². The highest BCUT2D eigenvalue weighted by atomic mass is 19.3. The van der Waals surface area contributed by atoms with Gasteiger partial charge in [-0.1, -0.05) is 48.5 Å². The lowest BCUT2D eigenvalue weighted by atomic mass is 10.1. The van der Waals surface area contributed by atoms with Crippen LogP contribution in [0.3, 0.4) is 0 Å². The summed E-state index contributed by atoms with van der Waals surface area (Å²) in [5, 5.41) is 0. The normalized spacial score (nSPS) is 10.9. The number of hydrogen-bond acceptors (Lipinski definition) is 2. The SMILES string of the molecule is O=C(/C=C/c1ccccc1OC(F)F)c1ccccc1. The second kappa shape index (κ2) is 6.61. The van der Waals surface area contributed by atoms with E-state index >= 15 is 0 Å². The summed E-state index contributed by atoms with van der Waals surface area (Å²) in [6.07, 6.45) is 2.80. The minimum Gasteiger partial charge on any atom is -0.434 e. The summed E-state index contributed by atoms with van der Waals surface area (Å²) >= 11 is 0. The van der Waals surface area contributed by atoms with E-state index in [9.17, 15) is 13.6 Å². The van der Waals surface area contributed by atoms with E-state index in [1.807, 2.05) is 6.07 Å². The Balaban J connectivity index is 2.17. The van der Waals surface area contributed by atoms with Crippen molar-refractivity contribution < 1.29 is 18.3 Å². The molecule has 0 saturated heterocycles. The highest BCUT2D eigenvalue weighted by Crippen LogP contribution is 2.21. The Bertz CT molecular complexity index is 607.